The minimum Gasteiger partial charge on any atom is -0.445 e. The fourth-order valence-electron chi connectivity index (χ4n) is 2.88. The quantitative estimate of drug-likeness (QED) is 0.669. The number of benzene rings is 2. The fourth-order valence-corrected chi connectivity index (χ4v) is 2.88. The molecule has 1 unspecified atom stereocenters. The number of para-hydroxylation sites is 1. The maximum atomic E-state index is 12.6. The van der Waals surface area contributed by atoms with Gasteiger partial charge in [-0.25, -0.2) is 9.48 Å². The molecule has 0 aliphatic rings. The Labute approximate surface area is 169 Å². The number of ether oxygens (including phenoxy) is 1. The third-order valence-corrected chi connectivity index (χ3v) is 4.48. The molecule has 3 aromatic rings. The lowest BCUT2D eigenvalue weighted by atomic mass is 10.2. The summed E-state index contributed by atoms with van der Waals surface area (Å²) in [5.41, 5.74) is 3.91. The summed E-state index contributed by atoms with van der Waals surface area (Å²) < 4.78 is 6.94. The van der Waals surface area contributed by atoms with Crippen LogP contribution in [-0.4, -0.2) is 27.8 Å². The second-order valence-corrected chi connectivity index (χ2v) is 6.71. The normalized spacial score (nSPS) is 11.6. The molecule has 1 aromatic heterocycles. The molecule has 0 radical (unpaired) electrons. The molecular weight excluding hydrogens is 368 g/mol. The summed E-state index contributed by atoms with van der Waals surface area (Å²) in [5, 5.41) is 9.91. The molecule has 2 aromatic carbocycles. The molecule has 150 valence electrons. The zero-order chi connectivity index (χ0) is 20.8. The maximum absolute atomic E-state index is 12.6. The lowest BCUT2D eigenvalue weighted by molar-refractivity contribution is -0.117. The van der Waals surface area contributed by atoms with Gasteiger partial charge in [0.25, 0.3) is 0 Å². The van der Waals surface area contributed by atoms with E-state index in [4.69, 9.17) is 4.74 Å². The summed E-state index contributed by atoms with van der Waals surface area (Å²) in [7, 11) is 0. The van der Waals surface area contributed by atoms with E-state index in [0.717, 1.165) is 16.9 Å². The molecule has 29 heavy (non-hydrogen) atoms. The van der Waals surface area contributed by atoms with Gasteiger partial charge in [-0.2, -0.15) is 5.10 Å². The highest BCUT2D eigenvalue weighted by molar-refractivity contribution is 5.97. The number of alkyl carbamates (subject to hydrolysis) is 1. The van der Waals surface area contributed by atoms with Crippen LogP contribution in [0, 0.1) is 13.8 Å². The van der Waals surface area contributed by atoms with E-state index < -0.39 is 12.1 Å². The van der Waals surface area contributed by atoms with E-state index in [0.29, 0.717) is 11.4 Å². The number of nitrogens with one attached hydrogen (secondary N) is 2. The van der Waals surface area contributed by atoms with Crippen LogP contribution in [0.3, 0.4) is 0 Å². The highest BCUT2D eigenvalue weighted by Crippen LogP contribution is 2.22. The first-order chi connectivity index (χ1) is 14.0. The highest BCUT2D eigenvalue weighted by Gasteiger charge is 2.20. The number of hydrogen-bond donors (Lipinski definition) is 2. The van der Waals surface area contributed by atoms with E-state index in [9.17, 15) is 9.59 Å². The minimum atomic E-state index is -0.767. The number of aromatic nitrogens is 2. The van der Waals surface area contributed by atoms with Crippen LogP contribution >= 0.6 is 0 Å². The van der Waals surface area contributed by atoms with Crippen molar-refractivity contribution >= 4 is 17.7 Å². The van der Waals surface area contributed by atoms with Crippen molar-refractivity contribution in [3.05, 3.63) is 77.6 Å². The van der Waals surface area contributed by atoms with Gasteiger partial charge in [-0.15, -0.1) is 0 Å². The average molecular weight is 392 g/mol. The van der Waals surface area contributed by atoms with Crippen LogP contribution < -0.4 is 10.6 Å². The first-order valence-corrected chi connectivity index (χ1v) is 9.35. The van der Waals surface area contributed by atoms with Crippen LogP contribution in [0.25, 0.3) is 5.69 Å². The summed E-state index contributed by atoms with van der Waals surface area (Å²) in [6.07, 6.45) is -0.648. The number of nitrogens with zero attached hydrogens (tertiary/aromatic N) is 2. The van der Waals surface area contributed by atoms with Crippen molar-refractivity contribution in [3.63, 3.8) is 0 Å². The molecule has 7 heteroatoms. The third-order valence-electron chi connectivity index (χ3n) is 4.48. The van der Waals surface area contributed by atoms with Gasteiger partial charge in [0, 0.05) is 0 Å². The van der Waals surface area contributed by atoms with Crippen LogP contribution in [-0.2, 0) is 16.1 Å². The number of hydrogen-bond acceptors (Lipinski definition) is 4. The first-order valence-electron chi connectivity index (χ1n) is 9.35. The summed E-state index contributed by atoms with van der Waals surface area (Å²) >= 11 is 0. The van der Waals surface area contributed by atoms with Gasteiger partial charge in [-0.1, -0.05) is 48.5 Å². The molecule has 0 saturated heterocycles. The molecule has 0 bridgehead atoms. The zero-order valence-corrected chi connectivity index (χ0v) is 16.7. The summed E-state index contributed by atoms with van der Waals surface area (Å²) in [4.78, 5) is 24.5. The molecule has 0 spiro atoms. The van der Waals surface area contributed by atoms with Gasteiger partial charge in [-0.05, 0) is 38.5 Å². The van der Waals surface area contributed by atoms with Gasteiger partial charge in [-0.3, -0.25) is 4.79 Å². The molecule has 2 amide bonds. The Morgan fingerprint density at radius 2 is 1.66 bits per heavy atom. The van der Waals surface area contributed by atoms with Crippen LogP contribution in [0.4, 0.5) is 10.5 Å². The number of anilines is 1. The SMILES string of the molecule is Cc1nn(-c2ccccc2)c(C)c1NC(=O)C(C)NC(=O)OCc1ccccc1. The van der Waals surface area contributed by atoms with E-state index in [1.54, 1.807) is 11.6 Å². The summed E-state index contributed by atoms with van der Waals surface area (Å²) in [6.45, 7) is 5.46. The van der Waals surface area contributed by atoms with Gasteiger partial charge < -0.3 is 15.4 Å². The number of rotatable bonds is 6. The molecular formula is C22H24N4O3. The van der Waals surface area contributed by atoms with Crippen molar-refractivity contribution in [2.45, 2.75) is 33.4 Å². The van der Waals surface area contributed by atoms with Crippen molar-refractivity contribution in [2.75, 3.05) is 5.32 Å². The standard InChI is InChI=1S/C22H24N4O3/c1-15-20(17(3)26(25-15)19-12-8-5-9-13-19)24-21(27)16(2)23-22(28)29-14-18-10-6-4-7-11-18/h4-13,16H,14H2,1-3H3,(H,23,28)(H,24,27). The zero-order valence-electron chi connectivity index (χ0n) is 16.7. The van der Waals surface area contributed by atoms with Gasteiger partial charge in [0.15, 0.2) is 0 Å². The predicted octanol–water partition coefficient (Wildman–Crippen LogP) is 3.74. The number of carbonyl (C=O) groups excluding carboxylic acids is 2. The second kappa shape index (κ2) is 9.05. The molecule has 0 saturated carbocycles. The first kappa shape index (κ1) is 20.1. The monoisotopic (exact) mass is 392 g/mol. The smallest absolute Gasteiger partial charge is 0.408 e. The molecule has 1 heterocycles. The average Bonchev–Trinajstić information content (AvgIpc) is 3.02. The van der Waals surface area contributed by atoms with E-state index in [1.165, 1.54) is 0 Å². The van der Waals surface area contributed by atoms with Crippen molar-refractivity contribution in [3.8, 4) is 5.69 Å². The van der Waals surface area contributed by atoms with Gasteiger partial charge in [0.2, 0.25) is 5.91 Å². The molecule has 1 atom stereocenters. The fraction of sp³-hybridized carbons (Fsp3) is 0.227. The van der Waals surface area contributed by atoms with Crippen LogP contribution in [0.5, 0.6) is 0 Å². The molecule has 2 N–H and O–H groups in total. The molecule has 0 fully saturated rings. The Kier molecular flexibility index (Phi) is 6.29. The molecule has 3 rings (SSSR count). The van der Waals surface area contributed by atoms with Gasteiger partial charge >= 0.3 is 6.09 Å². The number of carbonyl (C=O) groups is 2. The van der Waals surface area contributed by atoms with Crippen molar-refractivity contribution < 1.29 is 14.3 Å². The third kappa shape index (κ3) is 5.01. The topological polar surface area (TPSA) is 85.3 Å². The Morgan fingerprint density at radius 1 is 1.03 bits per heavy atom. The lowest BCUT2D eigenvalue weighted by Gasteiger charge is -2.14. The Morgan fingerprint density at radius 3 is 2.31 bits per heavy atom. The summed E-state index contributed by atoms with van der Waals surface area (Å²) in [5.74, 6) is -0.347. The van der Waals surface area contributed by atoms with Crippen molar-refractivity contribution in [2.24, 2.45) is 0 Å². The van der Waals surface area contributed by atoms with Gasteiger partial charge in [0.1, 0.15) is 12.6 Å². The second-order valence-electron chi connectivity index (χ2n) is 6.71. The van der Waals surface area contributed by atoms with Crippen LogP contribution in [0.15, 0.2) is 60.7 Å². The predicted molar refractivity (Wildman–Crippen MR) is 111 cm³/mol. The van der Waals surface area contributed by atoms with E-state index in [1.807, 2.05) is 74.5 Å². The molecule has 0 aliphatic carbocycles. The Hall–Kier alpha value is -3.61. The van der Waals surface area contributed by atoms with Crippen LogP contribution in [0.1, 0.15) is 23.9 Å². The lowest BCUT2D eigenvalue weighted by Crippen LogP contribution is -2.41. The van der Waals surface area contributed by atoms with E-state index in [2.05, 4.69) is 15.7 Å². The van der Waals surface area contributed by atoms with Crippen molar-refractivity contribution in [1.82, 2.24) is 15.1 Å². The highest BCUT2D eigenvalue weighted by atomic mass is 16.5. The van der Waals surface area contributed by atoms with E-state index >= 15 is 0 Å². The maximum Gasteiger partial charge on any atom is 0.408 e. The van der Waals surface area contributed by atoms with Crippen LogP contribution in [0.2, 0.25) is 0 Å². The Balaban J connectivity index is 1.59. The molecule has 7 nitrogen and oxygen atoms in total. The van der Waals surface area contributed by atoms with Gasteiger partial charge in [0.05, 0.1) is 22.8 Å². The Bertz CT molecular complexity index is 984. The largest absolute Gasteiger partial charge is 0.445 e. The van der Waals surface area contributed by atoms with Crippen molar-refractivity contribution in [1.29, 1.82) is 0 Å². The number of amides is 2. The number of aryl methyl sites for hydroxylation is 1. The van der Waals surface area contributed by atoms with E-state index in [-0.39, 0.29) is 12.5 Å². The molecule has 0 aliphatic heterocycles. The minimum absolute atomic E-state index is 0.142. The summed E-state index contributed by atoms with van der Waals surface area (Å²) in [6, 6.07) is 18.3.